The normalized spacial score (nSPS) is 20.3. The van der Waals surface area contributed by atoms with Crippen LogP contribution in [0.1, 0.15) is 28.9 Å². The molecule has 1 atom stereocenters. The van der Waals surface area contributed by atoms with Gasteiger partial charge in [0.25, 0.3) is 0 Å². The summed E-state index contributed by atoms with van der Waals surface area (Å²) < 4.78 is 1.80. The Balaban J connectivity index is 2.18. The molecule has 2 rings (SSSR count). The Morgan fingerprint density at radius 1 is 1.50 bits per heavy atom. The summed E-state index contributed by atoms with van der Waals surface area (Å²) in [5, 5.41) is 4.33. The number of hydrogen-bond donors (Lipinski definition) is 0. The maximum absolute atomic E-state index is 11.2. The van der Waals surface area contributed by atoms with Crippen LogP contribution in [-0.4, -0.2) is 54.2 Å². The first-order chi connectivity index (χ1) is 8.54. The van der Waals surface area contributed by atoms with Crippen LogP contribution in [0, 0.1) is 6.92 Å². The first-order valence-corrected chi connectivity index (χ1v) is 6.44. The van der Waals surface area contributed by atoms with E-state index in [1.54, 1.807) is 4.68 Å². The second-order valence-corrected chi connectivity index (χ2v) is 5.22. The van der Waals surface area contributed by atoms with Gasteiger partial charge >= 0.3 is 0 Å². The lowest BCUT2D eigenvalue weighted by atomic mass is 10.2. The Labute approximate surface area is 108 Å². The van der Waals surface area contributed by atoms with E-state index in [9.17, 15) is 4.79 Å². The number of likely N-dealkylation sites (tertiary alicyclic amines) is 1. The van der Waals surface area contributed by atoms with Crippen molar-refractivity contribution in [1.82, 2.24) is 14.7 Å². The summed E-state index contributed by atoms with van der Waals surface area (Å²) in [5.41, 5.74) is 1.51. The average Bonchev–Trinajstić information content (AvgIpc) is 2.82. The minimum Gasteiger partial charge on any atom is -0.358 e. The van der Waals surface area contributed by atoms with Crippen LogP contribution < -0.4 is 4.90 Å². The van der Waals surface area contributed by atoms with Gasteiger partial charge < -0.3 is 9.80 Å². The topological polar surface area (TPSA) is 41.4 Å². The molecule has 1 saturated heterocycles. The van der Waals surface area contributed by atoms with Gasteiger partial charge in [-0.3, -0.25) is 9.48 Å². The summed E-state index contributed by atoms with van der Waals surface area (Å²) in [6.45, 7) is 3.99. The molecule has 100 valence electrons. The highest BCUT2D eigenvalue weighted by Gasteiger charge is 2.24. The van der Waals surface area contributed by atoms with Crippen LogP contribution in [0.15, 0.2) is 0 Å². The zero-order chi connectivity index (χ0) is 13.3. The van der Waals surface area contributed by atoms with E-state index in [4.69, 9.17) is 0 Å². The lowest BCUT2D eigenvalue weighted by molar-refractivity contribution is 0.112. The third-order valence-electron chi connectivity index (χ3n) is 3.87. The summed E-state index contributed by atoms with van der Waals surface area (Å²) in [7, 11) is 6.10. The van der Waals surface area contributed by atoms with Crippen molar-refractivity contribution in [2.24, 2.45) is 7.05 Å². The lowest BCUT2D eigenvalue weighted by Crippen LogP contribution is -2.37. The fraction of sp³-hybridized carbons (Fsp3) is 0.692. The summed E-state index contributed by atoms with van der Waals surface area (Å²) in [4.78, 5) is 15.7. The standard InChI is InChI=1S/C13H22N4O/c1-10-12(9-18)13(17(4)14-10)16(3)8-11-6-5-7-15(11)2/h9,11H,5-8H2,1-4H3. The summed E-state index contributed by atoms with van der Waals surface area (Å²) >= 11 is 0. The van der Waals surface area contributed by atoms with Crippen LogP contribution in [0.4, 0.5) is 5.82 Å². The Morgan fingerprint density at radius 3 is 2.78 bits per heavy atom. The Morgan fingerprint density at radius 2 is 2.22 bits per heavy atom. The molecule has 0 radical (unpaired) electrons. The van der Waals surface area contributed by atoms with Gasteiger partial charge in [-0.1, -0.05) is 0 Å². The van der Waals surface area contributed by atoms with E-state index in [2.05, 4.69) is 21.9 Å². The number of nitrogens with zero attached hydrogens (tertiary/aromatic N) is 4. The van der Waals surface area contributed by atoms with Gasteiger partial charge in [0.15, 0.2) is 6.29 Å². The number of hydrogen-bond acceptors (Lipinski definition) is 4. The highest BCUT2D eigenvalue weighted by atomic mass is 16.1. The smallest absolute Gasteiger partial charge is 0.155 e. The van der Waals surface area contributed by atoms with Crippen molar-refractivity contribution in [1.29, 1.82) is 0 Å². The van der Waals surface area contributed by atoms with E-state index in [0.29, 0.717) is 11.6 Å². The molecule has 5 nitrogen and oxygen atoms in total. The second-order valence-electron chi connectivity index (χ2n) is 5.22. The van der Waals surface area contributed by atoms with Crippen LogP contribution >= 0.6 is 0 Å². The molecule has 1 unspecified atom stereocenters. The third-order valence-corrected chi connectivity index (χ3v) is 3.87. The number of anilines is 1. The molecule has 0 spiro atoms. The molecule has 0 saturated carbocycles. The minimum absolute atomic E-state index is 0.574. The van der Waals surface area contributed by atoms with E-state index in [1.165, 1.54) is 19.4 Å². The molecule has 1 aliphatic heterocycles. The lowest BCUT2D eigenvalue weighted by Gasteiger charge is -2.27. The van der Waals surface area contributed by atoms with Crippen molar-refractivity contribution < 1.29 is 4.79 Å². The van der Waals surface area contributed by atoms with Crippen LogP contribution in [0.25, 0.3) is 0 Å². The number of aromatic nitrogens is 2. The third kappa shape index (κ3) is 2.27. The van der Waals surface area contributed by atoms with Gasteiger partial charge in [-0.25, -0.2) is 0 Å². The molecule has 1 fully saturated rings. The number of rotatable bonds is 4. The number of carbonyl (C=O) groups excluding carboxylic acids is 1. The average molecular weight is 250 g/mol. The molecule has 1 aromatic heterocycles. The SMILES string of the molecule is Cc1nn(C)c(N(C)CC2CCCN2C)c1C=O. The Kier molecular flexibility index (Phi) is 3.71. The zero-order valence-electron chi connectivity index (χ0n) is 11.7. The molecule has 0 amide bonds. The number of aryl methyl sites for hydroxylation is 2. The predicted octanol–water partition coefficient (Wildman–Crippen LogP) is 1.07. The minimum atomic E-state index is 0.574. The van der Waals surface area contributed by atoms with Gasteiger partial charge in [0, 0.05) is 26.7 Å². The highest BCUT2D eigenvalue weighted by molar-refractivity contribution is 5.84. The van der Waals surface area contributed by atoms with Gasteiger partial charge in [0.2, 0.25) is 0 Å². The van der Waals surface area contributed by atoms with Crippen LogP contribution in [0.5, 0.6) is 0 Å². The summed E-state index contributed by atoms with van der Waals surface area (Å²) in [6.07, 6.45) is 3.40. The van der Waals surface area contributed by atoms with Gasteiger partial charge in [0.05, 0.1) is 11.3 Å². The van der Waals surface area contributed by atoms with Crippen LogP contribution in [0.2, 0.25) is 0 Å². The zero-order valence-corrected chi connectivity index (χ0v) is 11.7. The first-order valence-electron chi connectivity index (χ1n) is 6.44. The van der Waals surface area contributed by atoms with E-state index in [0.717, 1.165) is 24.3 Å². The summed E-state index contributed by atoms with van der Waals surface area (Å²) in [5.74, 6) is 0.919. The molecule has 2 heterocycles. The van der Waals surface area contributed by atoms with Crippen LogP contribution in [-0.2, 0) is 7.05 Å². The molecule has 1 aliphatic rings. The largest absolute Gasteiger partial charge is 0.358 e. The van der Waals surface area contributed by atoms with E-state index >= 15 is 0 Å². The fourth-order valence-corrected chi connectivity index (χ4v) is 2.87. The molecule has 0 bridgehead atoms. The Hall–Kier alpha value is -1.36. The molecule has 5 heteroatoms. The van der Waals surface area contributed by atoms with Gasteiger partial charge in [0.1, 0.15) is 5.82 Å². The number of likely N-dealkylation sites (N-methyl/N-ethyl adjacent to an activating group) is 2. The first kappa shape index (κ1) is 13.1. The van der Waals surface area contributed by atoms with E-state index in [-0.39, 0.29) is 0 Å². The Bertz CT molecular complexity index is 440. The van der Waals surface area contributed by atoms with E-state index < -0.39 is 0 Å². The van der Waals surface area contributed by atoms with Gasteiger partial charge in [-0.15, -0.1) is 0 Å². The molecule has 18 heavy (non-hydrogen) atoms. The maximum atomic E-state index is 11.2. The summed E-state index contributed by atoms with van der Waals surface area (Å²) in [6, 6.07) is 0.574. The fourth-order valence-electron chi connectivity index (χ4n) is 2.87. The van der Waals surface area contributed by atoms with Crippen LogP contribution in [0.3, 0.4) is 0 Å². The van der Waals surface area contributed by atoms with Crippen molar-refractivity contribution in [3.05, 3.63) is 11.3 Å². The van der Waals surface area contributed by atoms with Crippen molar-refractivity contribution in [2.45, 2.75) is 25.8 Å². The predicted molar refractivity (Wildman–Crippen MR) is 72.3 cm³/mol. The molecule has 0 aromatic carbocycles. The molecule has 0 aliphatic carbocycles. The maximum Gasteiger partial charge on any atom is 0.155 e. The number of aldehydes is 1. The van der Waals surface area contributed by atoms with Crippen molar-refractivity contribution in [2.75, 3.05) is 32.1 Å². The highest BCUT2D eigenvalue weighted by Crippen LogP contribution is 2.23. The van der Waals surface area contributed by atoms with E-state index in [1.807, 2.05) is 21.0 Å². The van der Waals surface area contributed by atoms with Gasteiger partial charge in [-0.2, -0.15) is 5.10 Å². The number of carbonyl (C=O) groups is 1. The second kappa shape index (κ2) is 5.10. The molecule has 0 N–H and O–H groups in total. The molecular formula is C13H22N4O. The van der Waals surface area contributed by atoms with Gasteiger partial charge in [-0.05, 0) is 33.4 Å². The van der Waals surface area contributed by atoms with Crippen molar-refractivity contribution >= 4 is 12.1 Å². The van der Waals surface area contributed by atoms with Crippen molar-refractivity contribution in [3.8, 4) is 0 Å². The monoisotopic (exact) mass is 250 g/mol. The molecular weight excluding hydrogens is 228 g/mol. The quantitative estimate of drug-likeness (QED) is 0.750. The molecule has 1 aromatic rings. The van der Waals surface area contributed by atoms with Crippen molar-refractivity contribution in [3.63, 3.8) is 0 Å².